The number of likely N-dealkylation sites (tertiary alicyclic amines) is 1. The van der Waals surface area contributed by atoms with Gasteiger partial charge < -0.3 is 10.2 Å². The summed E-state index contributed by atoms with van der Waals surface area (Å²) in [5.41, 5.74) is 0.790. The van der Waals surface area contributed by atoms with Crippen LogP contribution in [0.25, 0.3) is 0 Å². The van der Waals surface area contributed by atoms with Gasteiger partial charge in [-0.3, -0.25) is 9.59 Å². The summed E-state index contributed by atoms with van der Waals surface area (Å²) in [6.45, 7) is 4.73. The van der Waals surface area contributed by atoms with E-state index in [1.165, 1.54) is 26.2 Å². The van der Waals surface area contributed by atoms with E-state index in [9.17, 15) is 18.0 Å². The lowest BCUT2D eigenvalue weighted by molar-refractivity contribution is -0.128. The van der Waals surface area contributed by atoms with Crippen molar-refractivity contribution in [2.45, 2.75) is 17.9 Å². The molecule has 0 aromatic heterocycles. The first-order chi connectivity index (χ1) is 11.8. The van der Waals surface area contributed by atoms with Gasteiger partial charge in [-0.2, -0.15) is 0 Å². The minimum atomic E-state index is -3.46. The fraction of sp³-hybridized carbons (Fsp3) is 0.412. The first kappa shape index (κ1) is 19.1. The highest BCUT2D eigenvalue weighted by molar-refractivity contribution is 7.89. The minimum Gasteiger partial charge on any atom is -0.352 e. The summed E-state index contributed by atoms with van der Waals surface area (Å²) in [5, 5.41) is 2.80. The van der Waals surface area contributed by atoms with Gasteiger partial charge in [0.2, 0.25) is 21.8 Å². The molecule has 1 heterocycles. The van der Waals surface area contributed by atoms with Gasteiger partial charge in [-0.05, 0) is 17.7 Å². The van der Waals surface area contributed by atoms with Crippen LogP contribution in [-0.4, -0.2) is 56.6 Å². The van der Waals surface area contributed by atoms with Crippen molar-refractivity contribution in [1.29, 1.82) is 0 Å². The molecule has 1 fully saturated rings. The molecule has 1 N–H and O–H groups in total. The number of hydrogen-bond donors (Lipinski definition) is 1. The van der Waals surface area contributed by atoms with Crippen LogP contribution in [0, 0.1) is 5.92 Å². The number of benzene rings is 1. The van der Waals surface area contributed by atoms with Crippen molar-refractivity contribution in [3.63, 3.8) is 0 Å². The standard InChI is InChI=1S/C17H23N3O4S/c1-4-9-20-12-14(10-16(20)21)17(22)18-11-13-5-7-15(8-6-13)25(23,24)19(2)3/h4-8,14H,1,9-12H2,2-3H3,(H,18,22). The van der Waals surface area contributed by atoms with Gasteiger partial charge >= 0.3 is 0 Å². The van der Waals surface area contributed by atoms with Crippen molar-refractivity contribution < 1.29 is 18.0 Å². The second-order valence-corrected chi connectivity index (χ2v) is 8.29. The fourth-order valence-corrected chi connectivity index (χ4v) is 3.51. The van der Waals surface area contributed by atoms with Crippen LogP contribution in [0.1, 0.15) is 12.0 Å². The molecule has 2 rings (SSSR count). The highest BCUT2D eigenvalue weighted by Crippen LogP contribution is 2.18. The topological polar surface area (TPSA) is 86.8 Å². The van der Waals surface area contributed by atoms with Crippen molar-refractivity contribution in [3.05, 3.63) is 42.5 Å². The number of amides is 2. The molecule has 136 valence electrons. The molecule has 7 nitrogen and oxygen atoms in total. The molecule has 1 saturated heterocycles. The van der Waals surface area contributed by atoms with Gasteiger partial charge in [-0.15, -0.1) is 6.58 Å². The molecule has 8 heteroatoms. The molecule has 1 aliphatic rings. The van der Waals surface area contributed by atoms with Crippen molar-refractivity contribution in [2.75, 3.05) is 27.2 Å². The van der Waals surface area contributed by atoms with Crippen LogP contribution in [0.15, 0.2) is 41.8 Å². The third-order valence-corrected chi connectivity index (χ3v) is 5.93. The number of rotatable bonds is 7. The number of nitrogens with zero attached hydrogens (tertiary/aromatic N) is 2. The Bertz CT molecular complexity index is 757. The van der Waals surface area contributed by atoms with Gasteiger partial charge in [-0.1, -0.05) is 18.2 Å². The van der Waals surface area contributed by atoms with E-state index in [0.717, 1.165) is 9.87 Å². The molecule has 0 bridgehead atoms. The Labute approximate surface area is 148 Å². The number of sulfonamides is 1. The smallest absolute Gasteiger partial charge is 0.242 e. The lowest BCUT2D eigenvalue weighted by Crippen LogP contribution is -2.32. The molecule has 0 aliphatic carbocycles. The Balaban J connectivity index is 1.92. The monoisotopic (exact) mass is 365 g/mol. The van der Waals surface area contributed by atoms with Crippen LogP contribution < -0.4 is 5.32 Å². The van der Waals surface area contributed by atoms with E-state index in [-0.39, 0.29) is 35.6 Å². The average molecular weight is 365 g/mol. The highest BCUT2D eigenvalue weighted by Gasteiger charge is 2.33. The summed E-state index contributed by atoms with van der Waals surface area (Å²) in [7, 11) is -0.512. The van der Waals surface area contributed by atoms with Crippen LogP contribution in [-0.2, 0) is 26.2 Å². The van der Waals surface area contributed by atoms with Gasteiger partial charge in [0, 0.05) is 40.2 Å². The molecule has 25 heavy (non-hydrogen) atoms. The van der Waals surface area contributed by atoms with Crippen LogP contribution >= 0.6 is 0 Å². The van der Waals surface area contributed by atoms with Gasteiger partial charge in [0.15, 0.2) is 0 Å². The Kier molecular flexibility index (Phi) is 5.97. The summed E-state index contributed by atoms with van der Waals surface area (Å²) < 4.78 is 25.2. The van der Waals surface area contributed by atoms with E-state index in [0.29, 0.717) is 13.1 Å². The summed E-state index contributed by atoms with van der Waals surface area (Å²) >= 11 is 0. The quantitative estimate of drug-likeness (QED) is 0.717. The molecular weight excluding hydrogens is 342 g/mol. The molecule has 1 aromatic carbocycles. The summed E-state index contributed by atoms with van der Waals surface area (Å²) in [6, 6.07) is 6.37. The Morgan fingerprint density at radius 3 is 2.56 bits per heavy atom. The lowest BCUT2D eigenvalue weighted by atomic mass is 10.1. The molecule has 0 radical (unpaired) electrons. The first-order valence-electron chi connectivity index (χ1n) is 7.93. The molecular formula is C17H23N3O4S. The van der Waals surface area contributed by atoms with E-state index in [2.05, 4.69) is 11.9 Å². The van der Waals surface area contributed by atoms with Gasteiger partial charge in [0.1, 0.15) is 0 Å². The third kappa shape index (κ3) is 4.46. The fourth-order valence-electron chi connectivity index (χ4n) is 2.60. The number of carbonyl (C=O) groups excluding carboxylic acids is 2. The molecule has 2 amide bonds. The number of nitrogens with one attached hydrogen (secondary N) is 1. The second-order valence-electron chi connectivity index (χ2n) is 6.14. The number of carbonyl (C=O) groups is 2. The molecule has 0 spiro atoms. The Morgan fingerprint density at radius 2 is 2.00 bits per heavy atom. The highest BCUT2D eigenvalue weighted by atomic mass is 32.2. The molecule has 1 aliphatic heterocycles. The molecule has 1 unspecified atom stereocenters. The summed E-state index contributed by atoms with van der Waals surface area (Å²) in [6.07, 6.45) is 1.85. The van der Waals surface area contributed by atoms with Crippen LogP contribution in [0.2, 0.25) is 0 Å². The molecule has 1 aromatic rings. The van der Waals surface area contributed by atoms with Crippen molar-refractivity contribution in [1.82, 2.24) is 14.5 Å². The van der Waals surface area contributed by atoms with Gasteiger partial charge in [0.25, 0.3) is 0 Å². The van der Waals surface area contributed by atoms with E-state index in [1.807, 2.05) is 0 Å². The maximum absolute atomic E-state index is 12.2. The van der Waals surface area contributed by atoms with Crippen LogP contribution in [0.4, 0.5) is 0 Å². The van der Waals surface area contributed by atoms with Gasteiger partial charge in [-0.25, -0.2) is 12.7 Å². The minimum absolute atomic E-state index is 0.0432. The summed E-state index contributed by atoms with van der Waals surface area (Å²) in [4.78, 5) is 25.8. The summed E-state index contributed by atoms with van der Waals surface area (Å²) in [5.74, 6) is -0.580. The Morgan fingerprint density at radius 1 is 1.36 bits per heavy atom. The van der Waals surface area contributed by atoms with E-state index >= 15 is 0 Å². The normalized spacial score (nSPS) is 17.8. The van der Waals surface area contributed by atoms with Crippen molar-refractivity contribution >= 4 is 21.8 Å². The predicted octanol–water partition coefficient (Wildman–Crippen LogP) is 0.588. The predicted molar refractivity (Wildman–Crippen MR) is 94.0 cm³/mol. The number of hydrogen-bond acceptors (Lipinski definition) is 4. The van der Waals surface area contributed by atoms with Crippen molar-refractivity contribution in [2.24, 2.45) is 5.92 Å². The maximum Gasteiger partial charge on any atom is 0.242 e. The Hall–Kier alpha value is -2.19. The second kappa shape index (κ2) is 7.79. The van der Waals surface area contributed by atoms with E-state index in [4.69, 9.17) is 0 Å². The van der Waals surface area contributed by atoms with E-state index in [1.54, 1.807) is 23.1 Å². The van der Waals surface area contributed by atoms with Crippen LogP contribution in [0.3, 0.4) is 0 Å². The maximum atomic E-state index is 12.2. The van der Waals surface area contributed by atoms with Crippen molar-refractivity contribution in [3.8, 4) is 0 Å². The van der Waals surface area contributed by atoms with Crippen LogP contribution in [0.5, 0.6) is 0 Å². The van der Waals surface area contributed by atoms with E-state index < -0.39 is 10.0 Å². The third-order valence-electron chi connectivity index (χ3n) is 4.10. The molecule has 1 atom stereocenters. The average Bonchev–Trinajstić information content (AvgIpc) is 2.94. The SMILES string of the molecule is C=CCN1CC(C(=O)NCc2ccc(S(=O)(=O)N(C)C)cc2)CC1=O. The molecule has 0 saturated carbocycles. The zero-order valence-electron chi connectivity index (χ0n) is 14.4. The largest absolute Gasteiger partial charge is 0.352 e. The lowest BCUT2D eigenvalue weighted by Gasteiger charge is -2.14. The zero-order chi connectivity index (χ0) is 18.6. The first-order valence-corrected chi connectivity index (χ1v) is 9.37. The van der Waals surface area contributed by atoms with Gasteiger partial charge in [0.05, 0.1) is 10.8 Å². The zero-order valence-corrected chi connectivity index (χ0v) is 15.3.